The molecule has 3 saturated heterocycles. The van der Waals surface area contributed by atoms with Crippen molar-refractivity contribution in [2.24, 2.45) is 5.92 Å². The van der Waals surface area contributed by atoms with Crippen molar-refractivity contribution in [2.45, 2.75) is 44.2 Å². The monoisotopic (exact) mass is 374 g/mol. The van der Waals surface area contributed by atoms with Crippen molar-refractivity contribution in [1.29, 1.82) is 0 Å². The van der Waals surface area contributed by atoms with E-state index >= 15 is 0 Å². The van der Waals surface area contributed by atoms with E-state index in [4.69, 9.17) is 9.47 Å². The van der Waals surface area contributed by atoms with Gasteiger partial charge in [0.05, 0.1) is 12.5 Å². The van der Waals surface area contributed by atoms with Crippen LogP contribution in [0.15, 0.2) is 18.5 Å². The maximum absolute atomic E-state index is 13.0. The predicted octanol–water partition coefficient (Wildman–Crippen LogP) is 0.874. The number of carbonyl (C=O) groups excluding carboxylic acids is 2. The van der Waals surface area contributed by atoms with Crippen molar-refractivity contribution in [3.05, 3.63) is 18.5 Å². The van der Waals surface area contributed by atoms with E-state index in [-0.39, 0.29) is 29.9 Å². The van der Waals surface area contributed by atoms with Gasteiger partial charge in [0.25, 0.3) is 0 Å². The number of amides is 2. The zero-order chi connectivity index (χ0) is 18.6. The first-order chi connectivity index (χ1) is 13.2. The van der Waals surface area contributed by atoms with Gasteiger partial charge in [0.1, 0.15) is 6.10 Å². The molecule has 0 radical (unpaired) electrons. The van der Waals surface area contributed by atoms with Crippen LogP contribution in [0.3, 0.4) is 0 Å². The summed E-state index contributed by atoms with van der Waals surface area (Å²) >= 11 is 0. The van der Waals surface area contributed by atoms with E-state index in [0.717, 1.165) is 32.2 Å². The molecule has 1 aromatic heterocycles. The predicted molar refractivity (Wildman–Crippen MR) is 95.9 cm³/mol. The Kier molecular flexibility index (Phi) is 5.52. The number of piperidine rings is 1. The van der Waals surface area contributed by atoms with Crippen LogP contribution in [0.4, 0.5) is 0 Å². The lowest BCUT2D eigenvalue weighted by molar-refractivity contribution is -0.138. The lowest BCUT2D eigenvalue weighted by atomic mass is 10.0. The number of rotatable bonds is 4. The van der Waals surface area contributed by atoms with Gasteiger partial charge in [0, 0.05) is 51.2 Å². The molecule has 3 aliphatic heterocycles. The lowest BCUT2D eigenvalue weighted by Gasteiger charge is -2.34. The van der Waals surface area contributed by atoms with E-state index in [0.29, 0.717) is 38.7 Å². The summed E-state index contributed by atoms with van der Waals surface area (Å²) in [5, 5.41) is 0. The SMILES string of the molecule is O=C(C1CC(=O)N(C2CCOCC2)C1)N1CCCC(Oc2ncccn2)C1. The van der Waals surface area contributed by atoms with Gasteiger partial charge < -0.3 is 19.3 Å². The minimum Gasteiger partial charge on any atom is -0.458 e. The first kappa shape index (κ1) is 18.2. The molecule has 3 aliphatic rings. The summed E-state index contributed by atoms with van der Waals surface area (Å²) in [6.07, 6.45) is 6.99. The number of nitrogens with zero attached hydrogens (tertiary/aromatic N) is 4. The van der Waals surface area contributed by atoms with Crippen molar-refractivity contribution in [3.8, 4) is 6.01 Å². The van der Waals surface area contributed by atoms with Crippen LogP contribution >= 0.6 is 0 Å². The van der Waals surface area contributed by atoms with Gasteiger partial charge >= 0.3 is 6.01 Å². The van der Waals surface area contributed by atoms with Gasteiger partial charge in [-0.05, 0) is 31.7 Å². The standard InChI is InChI=1S/C19H26N4O4/c24-17-11-14(12-23(17)15-4-9-26-10-5-15)18(25)22-8-1-3-16(13-22)27-19-20-6-2-7-21-19/h2,6-7,14-16H,1,3-5,8-13H2. The lowest BCUT2D eigenvalue weighted by Crippen LogP contribution is -2.47. The highest BCUT2D eigenvalue weighted by Gasteiger charge is 2.40. The molecule has 4 rings (SSSR count). The molecule has 0 bridgehead atoms. The Balaban J connectivity index is 1.34. The minimum atomic E-state index is -0.243. The Bertz CT molecular complexity index is 665. The maximum Gasteiger partial charge on any atom is 0.316 e. The average Bonchev–Trinajstić information content (AvgIpc) is 3.11. The first-order valence-electron chi connectivity index (χ1n) is 9.80. The molecule has 0 aromatic carbocycles. The quantitative estimate of drug-likeness (QED) is 0.778. The van der Waals surface area contributed by atoms with Gasteiger partial charge in [-0.1, -0.05) is 0 Å². The van der Waals surface area contributed by atoms with Gasteiger partial charge in [-0.3, -0.25) is 9.59 Å². The second-order valence-corrected chi connectivity index (χ2v) is 7.49. The third-order valence-corrected chi connectivity index (χ3v) is 5.64. The van der Waals surface area contributed by atoms with Gasteiger partial charge in [-0.25, -0.2) is 9.97 Å². The van der Waals surface area contributed by atoms with Gasteiger partial charge in [0.2, 0.25) is 11.8 Å². The van der Waals surface area contributed by atoms with E-state index < -0.39 is 0 Å². The minimum absolute atomic E-state index is 0.0696. The van der Waals surface area contributed by atoms with E-state index in [1.165, 1.54) is 0 Å². The molecule has 0 aliphatic carbocycles. The Morgan fingerprint density at radius 1 is 1.15 bits per heavy atom. The highest BCUT2D eigenvalue weighted by Crippen LogP contribution is 2.27. The van der Waals surface area contributed by atoms with Crippen molar-refractivity contribution in [2.75, 3.05) is 32.8 Å². The first-order valence-corrected chi connectivity index (χ1v) is 9.80. The normalized spacial score (nSPS) is 27.0. The van der Waals surface area contributed by atoms with E-state index in [2.05, 4.69) is 9.97 Å². The zero-order valence-electron chi connectivity index (χ0n) is 15.5. The molecule has 2 atom stereocenters. The smallest absolute Gasteiger partial charge is 0.316 e. The largest absolute Gasteiger partial charge is 0.458 e. The Hall–Kier alpha value is -2.22. The number of aromatic nitrogens is 2. The fourth-order valence-corrected chi connectivity index (χ4v) is 4.23. The third-order valence-electron chi connectivity index (χ3n) is 5.64. The highest BCUT2D eigenvalue weighted by atomic mass is 16.5. The summed E-state index contributed by atoms with van der Waals surface area (Å²) in [6, 6.07) is 2.31. The van der Waals surface area contributed by atoms with Crippen LogP contribution in [0.2, 0.25) is 0 Å². The van der Waals surface area contributed by atoms with Crippen molar-refractivity contribution < 1.29 is 19.1 Å². The van der Waals surface area contributed by atoms with Crippen LogP contribution < -0.4 is 4.74 Å². The van der Waals surface area contributed by atoms with Crippen LogP contribution in [0.5, 0.6) is 6.01 Å². The number of ether oxygens (including phenoxy) is 2. The fraction of sp³-hybridized carbons (Fsp3) is 0.684. The molecule has 0 spiro atoms. The summed E-state index contributed by atoms with van der Waals surface area (Å²) in [7, 11) is 0. The molecule has 1 aromatic rings. The molecule has 27 heavy (non-hydrogen) atoms. The van der Waals surface area contributed by atoms with Crippen LogP contribution in [0.1, 0.15) is 32.1 Å². The maximum atomic E-state index is 13.0. The van der Waals surface area contributed by atoms with E-state index in [1.54, 1.807) is 18.5 Å². The third kappa shape index (κ3) is 4.21. The van der Waals surface area contributed by atoms with E-state index in [9.17, 15) is 9.59 Å². The van der Waals surface area contributed by atoms with Crippen LogP contribution in [-0.2, 0) is 14.3 Å². The molecule has 2 unspecified atom stereocenters. The molecular weight excluding hydrogens is 348 g/mol. The Labute approximate surface area is 158 Å². The van der Waals surface area contributed by atoms with Gasteiger partial charge in [0.15, 0.2) is 0 Å². The summed E-state index contributed by atoms with van der Waals surface area (Å²) in [5.41, 5.74) is 0. The molecule has 146 valence electrons. The molecule has 3 fully saturated rings. The topological polar surface area (TPSA) is 84.9 Å². The van der Waals surface area contributed by atoms with E-state index in [1.807, 2.05) is 9.80 Å². The van der Waals surface area contributed by atoms with Crippen LogP contribution in [-0.4, -0.2) is 76.6 Å². The summed E-state index contributed by atoms with van der Waals surface area (Å²) in [5.74, 6) is -0.0741. The molecule has 8 heteroatoms. The summed E-state index contributed by atoms with van der Waals surface area (Å²) in [4.78, 5) is 37.4. The molecule has 8 nitrogen and oxygen atoms in total. The second-order valence-electron chi connectivity index (χ2n) is 7.49. The van der Waals surface area contributed by atoms with Gasteiger partial charge in [-0.2, -0.15) is 0 Å². The molecular formula is C19H26N4O4. The highest BCUT2D eigenvalue weighted by molar-refractivity contribution is 5.89. The van der Waals surface area contributed by atoms with Crippen LogP contribution in [0.25, 0.3) is 0 Å². The molecule has 0 N–H and O–H groups in total. The summed E-state index contributed by atoms with van der Waals surface area (Å²) in [6.45, 7) is 3.17. The van der Waals surface area contributed by atoms with Crippen molar-refractivity contribution >= 4 is 11.8 Å². The van der Waals surface area contributed by atoms with Crippen molar-refractivity contribution in [3.63, 3.8) is 0 Å². The average molecular weight is 374 g/mol. The number of hydrogen-bond donors (Lipinski definition) is 0. The Morgan fingerprint density at radius 3 is 2.70 bits per heavy atom. The summed E-state index contributed by atoms with van der Waals surface area (Å²) < 4.78 is 11.2. The van der Waals surface area contributed by atoms with Gasteiger partial charge in [-0.15, -0.1) is 0 Å². The number of likely N-dealkylation sites (tertiary alicyclic amines) is 2. The second kappa shape index (κ2) is 8.21. The zero-order valence-corrected chi connectivity index (χ0v) is 15.5. The number of hydrogen-bond acceptors (Lipinski definition) is 6. The molecule has 0 saturated carbocycles. The molecule has 2 amide bonds. The van der Waals surface area contributed by atoms with Crippen molar-refractivity contribution in [1.82, 2.24) is 19.8 Å². The molecule has 4 heterocycles. The number of carbonyl (C=O) groups is 2. The van der Waals surface area contributed by atoms with Crippen LogP contribution in [0, 0.1) is 5.92 Å². The fourth-order valence-electron chi connectivity index (χ4n) is 4.23. The Morgan fingerprint density at radius 2 is 1.93 bits per heavy atom.